The van der Waals surface area contributed by atoms with Gasteiger partial charge in [0.05, 0.1) is 13.2 Å². The van der Waals surface area contributed by atoms with Gasteiger partial charge in [-0.15, -0.1) is 13.2 Å². The highest BCUT2D eigenvalue weighted by atomic mass is 35.5. The standard InChI is InChI=1S/C23H22ClF3N4O5/c1-29-19-18(20(32)30(22(29)33)10-11-34-2)31(13-14-6-8-15(24)9-7-14)21(28-19)35-16-4-3-5-17(12-16)36-23(25,26)27/h3-9,12,21,28H,10-11,13H2,1-2H3. The van der Waals surface area contributed by atoms with Crippen LogP contribution < -0.4 is 30.9 Å². The second-order valence-corrected chi connectivity index (χ2v) is 8.32. The molecule has 1 aliphatic rings. The molecule has 0 saturated carbocycles. The second-order valence-electron chi connectivity index (χ2n) is 7.88. The van der Waals surface area contributed by atoms with E-state index >= 15 is 0 Å². The molecule has 0 spiro atoms. The molecule has 1 N–H and O–H groups in total. The van der Waals surface area contributed by atoms with Gasteiger partial charge in [0, 0.05) is 31.8 Å². The molecule has 0 saturated heterocycles. The van der Waals surface area contributed by atoms with Crippen molar-refractivity contribution in [2.45, 2.75) is 25.8 Å². The van der Waals surface area contributed by atoms with Crippen LogP contribution in [-0.2, 0) is 24.9 Å². The monoisotopic (exact) mass is 526 g/mol. The normalized spacial score (nSPS) is 14.9. The number of rotatable bonds is 8. The first-order chi connectivity index (χ1) is 17.1. The van der Waals surface area contributed by atoms with E-state index in [2.05, 4.69) is 10.1 Å². The predicted octanol–water partition coefficient (Wildman–Crippen LogP) is 3.54. The van der Waals surface area contributed by atoms with Crippen molar-refractivity contribution in [2.75, 3.05) is 23.9 Å². The predicted molar refractivity (Wildman–Crippen MR) is 127 cm³/mol. The molecular weight excluding hydrogens is 505 g/mol. The van der Waals surface area contributed by atoms with Crippen molar-refractivity contribution in [3.8, 4) is 11.5 Å². The summed E-state index contributed by atoms with van der Waals surface area (Å²) in [7, 11) is 2.95. The molecule has 1 atom stereocenters. The molecule has 2 heterocycles. The van der Waals surface area contributed by atoms with E-state index < -0.39 is 29.7 Å². The maximum atomic E-state index is 13.4. The fourth-order valence-electron chi connectivity index (χ4n) is 3.78. The Morgan fingerprint density at radius 1 is 1.08 bits per heavy atom. The van der Waals surface area contributed by atoms with Crippen LogP contribution in [0.4, 0.5) is 24.7 Å². The number of aromatic nitrogens is 2. The zero-order valence-electron chi connectivity index (χ0n) is 19.2. The molecule has 13 heteroatoms. The summed E-state index contributed by atoms with van der Waals surface area (Å²) in [5.74, 6) is -0.206. The Balaban J connectivity index is 1.74. The Hall–Kier alpha value is -3.64. The van der Waals surface area contributed by atoms with Crippen LogP contribution in [-0.4, -0.2) is 35.6 Å². The van der Waals surface area contributed by atoms with Crippen molar-refractivity contribution in [3.63, 3.8) is 0 Å². The molecule has 0 aliphatic carbocycles. The van der Waals surface area contributed by atoms with E-state index in [0.717, 1.165) is 22.3 Å². The van der Waals surface area contributed by atoms with E-state index in [-0.39, 0.29) is 37.0 Å². The summed E-state index contributed by atoms with van der Waals surface area (Å²) in [4.78, 5) is 27.8. The van der Waals surface area contributed by atoms with Crippen LogP contribution in [0.15, 0.2) is 58.1 Å². The molecule has 0 fully saturated rings. The highest BCUT2D eigenvalue weighted by Gasteiger charge is 2.37. The summed E-state index contributed by atoms with van der Waals surface area (Å²) in [6.07, 6.45) is -5.90. The summed E-state index contributed by atoms with van der Waals surface area (Å²) >= 11 is 5.99. The van der Waals surface area contributed by atoms with Crippen LogP contribution >= 0.6 is 11.6 Å². The summed E-state index contributed by atoms with van der Waals surface area (Å²) < 4.78 is 55.3. The number of fused-ring (bicyclic) bond motifs is 1. The van der Waals surface area contributed by atoms with Crippen molar-refractivity contribution < 1.29 is 27.4 Å². The highest BCUT2D eigenvalue weighted by Crippen LogP contribution is 2.34. The second kappa shape index (κ2) is 10.2. The van der Waals surface area contributed by atoms with Gasteiger partial charge in [-0.25, -0.2) is 4.79 Å². The van der Waals surface area contributed by atoms with Crippen molar-refractivity contribution >= 4 is 23.1 Å². The number of hydrogen-bond donors (Lipinski definition) is 1. The Labute approximate surface area is 208 Å². The Bertz CT molecular complexity index is 1360. The molecule has 1 aliphatic heterocycles. The van der Waals surface area contributed by atoms with Crippen LogP contribution in [0, 0.1) is 0 Å². The number of hydrogen-bond acceptors (Lipinski definition) is 7. The van der Waals surface area contributed by atoms with Crippen molar-refractivity contribution in [1.82, 2.24) is 9.13 Å². The van der Waals surface area contributed by atoms with E-state index in [4.69, 9.17) is 21.1 Å². The third-order valence-corrected chi connectivity index (χ3v) is 5.68. The summed E-state index contributed by atoms with van der Waals surface area (Å²) in [6.45, 7) is 0.342. The van der Waals surface area contributed by atoms with Gasteiger partial charge in [0.25, 0.3) is 11.9 Å². The zero-order valence-corrected chi connectivity index (χ0v) is 20.0. The minimum atomic E-state index is -4.87. The lowest BCUT2D eigenvalue weighted by Crippen LogP contribution is -2.43. The molecule has 2 aromatic carbocycles. The van der Waals surface area contributed by atoms with Gasteiger partial charge in [-0.2, -0.15) is 0 Å². The number of nitrogens with one attached hydrogen (secondary N) is 1. The van der Waals surface area contributed by atoms with E-state index in [1.807, 2.05) is 0 Å². The molecule has 36 heavy (non-hydrogen) atoms. The van der Waals surface area contributed by atoms with Gasteiger partial charge in [0.1, 0.15) is 23.0 Å². The van der Waals surface area contributed by atoms with Gasteiger partial charge in [0.2, 0.25) is 0 Å². The van der Waals surface area contributed by atoms with Crippen LogP contribution in [0.2, 0.25) is 5.02 Å². The number of alkyl halides is 3. The molecule has 1 aromatic heterocycles. The average Bonchev–Trinajstić information content (AvgIpc) is 3.16. The third kappa shape index (κ3) is 5.44. The summed E-state index contributed by atoms with van der Waals surface area (Å²) in [5, 5.41) is 3.52. The molecule has 9 nitrogen and oxygen atoms in total. The smallest absolute Gasteiger partial charge is 0.452 e. The van der Waals surface area contributed by atoms with E-state index in [9.17, 15) is 22.8 Å². The van der Waals surface area contributed by atoms with Gasteiger partial charge in [-0.05, 0) is 29.8 Å². The fraction of sp³-hybridized carbons (Fsp3) is 0.304. The van der Waals surface area contributed by atoms with Crippen molar-refractivity contribution in [3.05, 3.63) is 80.0 Å². The molecule has 0 bridgehead atoms. The van der Waals surface area contributed by atoms with Crippen LogP contribution in [0.3, 0.4) is 0 Å². The molecule has 1 unspecified atom stereocenters. The average molecular weight is 527 g/mol. The summed E-state index contributed by atoms with van der Waals surface area (Å²) in [5.41, 5.74) is -0.188. The maximum absolute atomic E-state index is 13.4. The van der Waals surface area contributed by atoms with Gasteiger partial charge in [-0.3, -0.25) is 13.9 Å². The van der Waals surface area contributed by atoms with Crippen LogP contribution in [0.1, 0.15) is 5.56 Å². The number of anilines is 2. The first-order valence-corrected chi connectivity index (χ1v) is 11.1. The lowest BCUT2D eigenvalue weighted by Gasteiger charge is -2.27. The van der Waals surface area contributed by atoms with Crippen LogP contribution in [0.5, 0.6) is 11.5 Å². The third-order valence-electron chi connectivity index (χ3n) is 5.43. The molecule has 192 valence electrons. The number of halogens is 4. The zero-order chi connectivity index (χ0) is 26.0. The number of ether oxygens (including phenoxy) is 3. The minimum Gasteiger partial charge on any atom is -0.452 e. The lowest BCUT2D eigenvalue weighted by atomic mass is 10.2. The largest absolute Gasteiger partial charge is 0.573 e. The Morgan fingerprint density at radius 2 is 1.78 bits per heavy atom. The molecule has 0 amide bonds. The number of benzene rings is 2. The Kier molecular flexibility index (Phi) is 7.18. The quantitative estimate of drug-likeness (QED) is 0.480. The molecule has 3 aromatic rings. The molecule has 4 rings (SSSR count). The SMILES string of the molecule is COCCn1c(=O)c2c(n(C)c1=O)NC(Oc1cccc(OC(F)(F)F)c1)N2Cc1ccc(Cl)cc1. The topological polar surface area (TPSA) is 87.0 Å². The first kappa shape index (κ1) is 25.5. The minimum absolute atomic E-state index is 0.0341. The van der Waals surface area contributed by atoms with E-state index in [1.165, 1.54) is 30.9 Å². The summed E-state index contributed by atoms with van der Waals surface area (Å²) in [6, 6.07) is 11.9. The highest BCUT2D eigenvalue weighted by molar-refractivity contribution is 6.30. The van der Waals surface area contributed by atoms with Gasteiger partial charge in [-0.1, -0.05) is 29.8 Å². The van der Waals surface area contributed by atoms with Crippen LogP contribution in [0.25, 0.3) is 0 Å². The maximum Gasteiger partial charge on any atom is 0.573 e. The fourth-order valence-corrected chi connectivity index (χ4v) is 3.91. The molecule has 0 radical (unpaired) electrons. The van der Waals surface area contributed by atoms with Crippen molar-refractivity contribution in [2.24, 2.45) is 7.05 Å². The lowest BCUT2D eigenvalue weighted by molar-refractivity contribution is -0.274. The van der Waals surface area contributed by atoms with Gasteiger partial charge in [0.15, 0.2) is 0 Å². The van der Waals surface area contributed by atoms with E-state index in [0.29, 0.717) is 5.02 Å². The van der Waals surface area contributed by atoms with Crippen molar-refractivity contribution in [1.29, 1.82) is 0 Å². The van der Waals surface area contributed by atoms with Gasteiger partial charge >= 0.3 is 12.1 Å². The van der Waals surface area contributed by atoms with Gasteiger partial charge < -0.3 is 24.4 Å². The number of nitrogens with zero attached hydrogens (tertiary/aromatic N) is 3. The Morgan fingerprint density at radius 3 is 2.44 bits per heavy atom. The number of methoxy groups -OCH3 is 1. The van der Waals surface area contributed by atoms with E-state index in [1.54, 1.807) is 29.2 Å². The molecular formula is C23H22ClF3N4O5. The first-order valence-electron chi connectivity index (χ1n) is 10.7.